The molecule has 0 aliphatic heterocycles. The summed E-state index contributed by atoms with van der Waals surface area (Å²) in [6.07, 6.45) is 1.07. The fourth-order valence-corrected chi connectivity index (χ4v) is 1.87. The summed E-state index contributed by atoms with van der Waals surface area (Å²) in [5.74, 6) is 0.833. The predicted octanol–water partition coefficient (Wildman–Crippen LogP) is 2.56. The van der Waals surface area contributed by atoms with Gasteiger partial charge in [-0.05, 0) is 36.7 Å². The number of hydrogen-bond donors (Lipinski definition) is 2. The molecule has 0 saturated carbocycles. The van der Waals surface area contributed by atoms with Crippen LogP contribution in [0.5, 0.6) is 0 Å². The second-order valence-corrected chi connectivity index (χ2v) is 4.30. The summed E-state index contributed by atoms with van der Waals surface area (Å²) < 4.78 is 2.37. The number of benzene rings is 1. The van der Waals surface area contributed by atoms with Crippen molar-refractivity contribution in [1.29, 1.82) is 0 Å². The van der Waals surface area contributed by atoms with Crippen LogP contribution in [-0.2, 0) is 13.0 Å². The molecule has 0 atom stereocenters. The van der Waals surface area contributed by atoms with E-state index in [0.29, 0.717) is 4.77 Å². The van der Waals surface area contributed by atoms with Crippen molar-refractivity contribution in [2.75, 3.05) is 5.43 Å². The predicted molar refractivity (Wildman–Crippen MR) is 71.0 cm³/mol. The highest BCUT2D eigenvalue weighted by Crippen LogP contribution is 2.05. The van der Waals surface area contributed by atoms with E-state index < -0.39 is 0 Å². The monoisotopic (exact) mass is 248 g/mol. The van der Waals surface area contributed by atoms with Crippen molar-refractivity contribution in [2.24, 2.45) is 0 Å². The SMILES string of the molecule is CCc1ccc(CNn2c(C)n[nH]c2=S)cc1. The third kappa shape index (κ3) is 2.74. The topological polar surface area (TPSA) is 45.6 Å². The normalized spacial score (nSPS) is 10.5. The number of hydrogen-bond acceptors (Lipinski definition) is 3. The number of aromatic amines is 1. The van der Waals surface area contributed by atoms with Crippen LogP contribution in [0.1, 0.15) is 23.9 Å². The van der Waals surface area contributed by atoms with Gasteiger partial charge in [0, 0.05) is 0 Å². The van der Waals surface area contributed by atoms with Crippen molar-refractivity contribution < 1.29 is 0 Å². The fourth-order valence-electron chi connectivity index (χ4n) is 1.63. The van der Waals surface area contributed by atoms with Gasteiger partial charge in [0.1, 0.15) is 5.82 Å². The number of nitrogens with zero attached hydrogens (tertiary/aromatic N) is 2. The summed E-state index contributed by atoms with van der Waals surface area (Å²) in [5, 5.41) is 6.78. The highest BCUT2D eigenvalue weighted by Gasteiger charge is 1.99. The van der Waals surface area contributed by atoms with Crippen molar-refractivity contribution in [1.82, 2.24) is 14.9 Å². The average molecular weight is 248 g/mol. The molecular weight excluding hydrogens is 232 g/mol. The van der Waals surface area contributed by atoms with Gasteiger partial charge in [-0.1, -0.05) is 31.2 Å². The quantitative estimate of drug-likeness (QED) is 0.817. The Bertz CT molecular complexity index is 538. The second kappa shape index (κ2) is 5.14. The molecular formula is C12H16N4S. The summed E-state index contributed by atoms with van der Waals surface area (Å²) in [6, 6.07) is 8.56. The van der Waals surface area contributed by atoms with Crippen LogP contribution < -0.4 is 5.43 Å². The van der Waals surface area contributed by atoms with Crippen LogP contribution >= 0.6 is 12.2 Å². The highest BCUT2D eigenvalue weighted by atomic mass is 32.1. The molecule has 0 unspecified atom stereocenters. The van der Waals surface area contributed by atoms with Crippen LogP contribution in [0.15, 0.2) is 24.3 Å². The lowest BCUT2D eigenvalue weighted by atomic mass is 10.1. The van der Waals surface area contributed by atoms with Gasteiger partial charge < -0.3 is 5.43 Å². The second-order valence-electron chi connectivity index (χ2n) is 3.92. The molecule has 0 radical (unpaired) electrons. The van der Waals surface area contributed by atoms with Crippen LogP contribution in [-0.4, -0.2) is 14.9 Å². The van der Waals surface area contributed by atoms with Crippen LogP contribution in [0.4, 0.5) is 0 Å². The summed E-state index contributed by atoms with van der Waals surface area (Å²) in [4.78, 5) is 0. The minimum Gasteiger partial charge on any atom is -0.318 e. The fraction of sp³-hybridized carbons (Fsp3) is 0.333. The Morgan fingerprint density at radius 3 is 2.47 bits per heavy atom. The van der Waals surface area contributed by atoms with Crippen molar-refractivity contribution in [2.45, 2.75) is 26.8 Å². The van der Waals surface area contributed by atoms with Gasteiger partial charge in [-0.25, -0.2) is 4.68 Å². The van der Waals surface area contributed by atoms with E-state index >= 15 is 0 Å². The molecule has 0 aliphatic rings. The smallest absolute Gasteiger partial charge is 0.214 e. The first kappa shape index (κ1) is 11.9. The molecule has 0 fully saturated rings. The average Bonchev–Trinajstić information content (AvgIpc) is 2.67. The Kier molecular flexibility index (Phi) is 3.58. The molecule has 2 N–H and O–H groups in total. The summed E-state index contributed by atoms with van der Waals surface area (Å²) in [6.45, 7) is 4.79. The van der Waals surface area contributed by atoms with Crippen molar-refractivity contribution >= 4 is 12.2 Å². The third-order valence-electron chi connectivity index (χ3n) is 2.71. The first-order chi connectivity index (χ1) is 8.20. The molecule has 5 heteroatoms. The lowest BCUT2D eigenvalue weighted by molar-refractivity contribution is 0.793. The van der Waals surface area contributed by atoms with Gasteiger partial charge in [-0.3, -0.25) is 5.10 Å². The zero-order chi connectivity index (χ0) is 12.3. The largest absolute Gasteiger partial charge is 0.318 e. The van der Waals surface area contributed by atoms with Gasteiger partial charge in [0.25, 0.3) is 0 Å². The van der Waals surface area contributed by atoms with Crippen LogP contribution in [0.2, 0.25) is 0 Å². The molecule has 17 heavy (non-hydrogen) atoms. The Balaban J connectivity index is 2.05. The minimum absolute atomic E-state index is 0.590. The molecule has 0 bridgehead atoms. The van der Waals surface area contributed by atoms with Crippen molar-refractivity contribution in [3.8, 4) is 0 Å². The number of H-pyrrole nitrogens is 1. The van der Waals surface area contributed by atoms with Crippen LogP contribution in [0, 0.1) is 11.7 Å². The minimum atomic E-state index is 0.590. The lowest BCUT2D eigenvalue weighted by Crippen LogP contribution is -2.15. The Morgan fingerprint density at radius 2 is 1.94 bits per heavy atom. The molecule has 90 valence electrons. The molecule has 0 amide bonds. The van der Waals surface area contributed by atoms with E-state index in [0.717, 1.165) is 18.8 Å². The van der Waals surface area contributed by atoms with E-state index in [2.05, 4.69) is 46.8 Å². The van der Waals surface area contributed by atoms with E-state index in [1.54, 1.807) is 4.68 Å². The van der Waals surface area contributed by atoms with Gasteiger partial charge in [0.05, 0.1) is 6.54 Å². The van der Waals surface area contributed by atoms with Gasteiger partial charge >= 0.3 is 0 Å². The molecule has 1 aromatic heterocycles. The third-order valence-corrected chi connectivity index (χ3v) is 2.99. The summed E-state index contributed by atoms with van der Waals surface area (Å²) >= 11 is 5.11. The van der Waals surface area contributed by atoms with Gasteiger partial charge in [-0.15, -0.1) is 0 Å². The number of aryl methyl sites for hydroxylation is 2. The summed E-state index contributed by atoms with van der Waals surface area (Å²) in [7, 11) is 0. The van der Waals surface area contributed by atoms with E-state index in [1.807, 2.05) is 6.92 Å². The van der Waals surface area contributed by atoms with E-state index in [-0.39, 0.29) is 0 Å². The van der Waals surface area contributed by atoms with Crippen molar-refractivity contribution in [3.63, 3.8) is 0 Å². The number of rotatable bonds is 4. The summed E-state index contributed by atoms with van der Waals surface area (Å²) in [5.41, 5.74) is 5.81. The van der Waals surface area contributed by atoms with Crippen LogP contribution in [0.3, 0.4) is 0 Å². The first-order valence-corrected chi connectivity index (χ1v) is 6.07. The maximum atomic E-state index is 5.11. The first-order valence-electron chi connectivity index (χ1n) is 5.66. The number of nitrogens with one attached hydrogen (secondary N) is 2. The molecule has 0 spiro atoms. The Labute approximate surface area is 106 Å². The highest BCUT2D eigenvalue weighted by molar-refractivity contribution is 7.71. The Morgan fingerprint density at radius 1 is 1.29 bits per heavy atom. The van der Waals surface area contributed by atoms with Gasteiger partial charge in [0.15, 0.2) is 0 Å². The molecule has 4 nitrogen and oxygen atoms in total. The van der Waals surface area contributed by atoms with E-state index in [1.165, 1.54) is 11.1 Å². The molecule has 0 aliphatic carbocycles. The maximum absolute atomic E-state index is 5.11. The van der Waals surface area contributed by atoms with E-state index in [9.17, 15) is 0 Å². The molecule has 1 aromatic carbocycles. The van der Waals surface area contributed by atoms with E-state index in [4.69, 9.17) is 12.2 Å². The van der Waals surface area contributed by atoms with Gasteiger partial charge in [-0.2, -0.15) is 5.10 Å². The van der Waals surface area contributed by atoms with Gasteiger partial charge in [0.2, 0.25) is 4.77 Å². The molecule has 0 saturated heterocycles. The Hall–Kier alpha value is -1.62. The number of aromatic nitrogens is 3. The zero-order valence-electron chi connectivity index (χ0n) is 10.0. The molecule has 1 heterocycles. The van der Waals surface area contributed by atoms with Crippen LogP contribution in [0.25, 0.3) is 0 Å². The zero-order valence-corrected chi connectivity index (χ0v) is 10.8. The maximum Gasteiger partial charge on any atom is 0.214 e. The van der Waals surface area contributed by atoms with Crippen molar-refractivity contribution in [3.05, 3.63) is 46.0 Å². The molecule has 2 rings (SSSR count). The lowest BCUT2D eigenvalue weighted by Gasteiger charge is -2.08. The molecule has 2 aromatic rings. The standard InChI is InChI=1S/C12H16N4S/c1-3-10-4-6-11(7-5-10)8-13-16-9(2)14-15-12(16)17/h4-7,13H,3,8H2,1-2H3,(H,15,17).